The predicted octanol–water partition coefficient (Wildman–Crippen LogP) is 1.12. The van der Waals surface area contributed by atoms with Gasteiger partial charge in [-0.2, -0.15) is 0 Å². The summed E-state index contributed by atoms with van der Waals surface area (Å²) < 4.78 is 0. The maximum atomic E-state index is 11.0. The van der Waals surface area contributed by atoms with Crippen LogP contribution in [0.15, 0.2) is 12.4 Å². The lowest BCUT2D eigenvalue weighted by atomic mass is 10.2. The van der Waals surface area contributed by atoms with E-state index in [4.69, 9.17) is 17.3 Å². The molecular formula is C8H5ClN3O. The van der Waals surface area contributed by atoms with Crippen LogP contribution >= 0.6 is 11.6 Å². The van der Waals surface area contributed by atoms with Gasteiger partial charge in [0.05, 0.1) is 10.6 Å². The van der Waals surface area contributed by atoms with Crippen LogP contribution in [-0.4, -0.2) is 15.9 Å². The number of fused-ring (bicyclic) bond motifs is 1. The van der Waals surface area contributed by atoms with Gasteiger partial charge >= 0.3 is 0 Å². The summed E-state index contributed by atoms with van der Waals surface area (Å²) in [5, 5.41) is 0.774. The van der Waals surface area contributed by atoms with Crippen molar-refractivity contribution in [2.24, 2.45) is 5.73 Å². The van der Waals surface area contributed by atoms with Crippen molar-refractivity contribution in [2.45, 2.75) is 0 Å². The lowest BCUT2D eigenvalue weighted by Crippen LogP contribution is -2.12. The van der Waals surface area contributed by atoms with Crippen molar-refractivity contribution in [3.05, 3.63) is 29.0 Å². The normalized spacial score (nSPS) is 10.5. The summed E-state index contributed by atoms with van der Waals surface area (Å²) in [7, 11) is 0. The van der Waals surface area contributed by atoms with Crippen molar-refractivity contribution in [3.63, 3.8) is 0 Å². The van der Waals surface area contributed by atoms with E-state index in [1.165, 1.54) is 6.20 Å². The van der Waals surface area contributed by atoms with Crippen LogP contribution in [0.25, 0.3) is 11.0 Å². The minimum absolute atomic E-state index is 0.246. The average Bonchev–Trinajstić information content (AvgIpc) is 2.50. The van der Waals surface area contributed by atoms with Crippen LogP contribution in [0, 0.1) is 6.07 Å². The minimum atomic E-state index is -0.576. The standard InChI is InChI=1S/C8H5ClN3O/c9-5-3-12-8-4(1-2-11-8)6(5)7(10)13/h2-3H,(H2,10,13)(H,11,12). The molecule has 0 aromatic carbocycles. The third kappa shape index (κ3) is 1.15. The van der Waals surface area contributed by atoms with Gasteiger partial charge in [0.1, 0.15) is 5.65 Å². The van der Waals surface area contributed by atoms with Crippen LogP contribution in [0.4, 0.5) is 0 Å². The van der Waals surface area contributed by atoms with Crippen molar-refractivity contribution in [1.82, 2.24) is 9.97 Å². The molecule has 2 aromatic heterocycles. The minimum Gasteiger partial charge on any atom is -0.366 e. The summed E-state index contributed by atoms with van der Waals surface area (Å²) in [6, 6.07) is 2.81. The number of carbonyl (C=O) groups is 1. The van der Waals surface area contributed by atoms with E-state index in [1.54, 1.807) is 6.20 Å². The van der Waals surface area contributed by atoms with Crippen molar-refractivity contribution < 1.29 is 4.79 Å². The van der Waals surface area contributed by atoms with Crippen LogP contribution in [0.3, 0.4) is 0 Å². The van der Waals surface area contributed by atoms with Gasteiger partial charge in [0.25, 0.3) is 5.91 Å². The number of pyridine rings is 1. The van der Waals surface area contributed by atoms with E-state index in [0.717, 1.165) is 0 Å². The molecule has 3 N–H and O–H groups in total. The molecule has 0 saturated carbocycles. The number of rotatable bonds is 1. The maximum absolute atomic E-state index is 11.0. The van der Waals surface area contributed by atoms with E-state index < -0.39 is 5.91 Å². The molecule has 2 aromatic rings. The van der Waals surface area contributed by atoms with Gasteiger partial charge in [-0.25, -0.2) is 4.98 Å². The van der Waals surface area contributed by atoms with E-state index in [2.05, 4.69) is 16.0 Å². The molecule has 0 aliphatic heterocycles. The molecule has 2 heterocycles. The van der Waals surface area contributed by atoms with Gasteiger partial charge in [0.2, 0.25) is 0 Å². The number of nitrogens with two attached hydrogens (primary N) is 1. The van der Waals surface area contributed by atoms with Gasteiger partial charge in [-0.1, -0.05) is 11.6 Å². The number of amides is 1. The van der Waals surface area contributed by atoms with Crippen LogP contribution in [-0.2, 0) is 0 Å². The van der Waals surface area contributed by atoms with Gasteiger partial charge in [0.15, 0.2) is 0 Å². The number of hydrogen-bond donors (Lipinski definition) is 2. The Morgan fingerprint density at radius 3 is 3.15 bits per heavy atom. The highest BCUT2D eigenvalue weighted by atomic mass is 35.5. The maximum Gasteiger partial charge on any atom is 0.251 e. The zero-order valence-electron chi connectivity index (χ0n) is 6.47. The zero-order chi connectivity index (χ0) is 9.42. The molecule has 0 aliphatic rings. The molecule has 0 fully saturated rings. The average molecular weight is 195 g/mol. The van der Waals surface area contributed by atoms with E-state index in [0.29, 0.717) is 11.0 Å². The Hall–Kier alpha value is -1.55. The Bertz CT molecular complexity index is 477. The van der Waals surface area contributed by atoms with Crippen molar-refractivity contribution in [1.29, 1.82) is 0 Å². The van der Waals surface area contributed by atoms with Gasteiger partial charge in [-0.3, -0.25) is 4.79 Å². The Labute approximate surface area is 78.7 Å². The van der Waals surface area contributed by atoms with Gasteiger partial charge < -0.3 is 10.7 Å². The van der Waals surface area contributed by atoms with Crippen LogP contribution in [0.1, 0.15) is 10.4 Å². The highest BCUT2D eigenvalue weighted by molar-refractivity contribution is 6.35. The van der Waals surface area contributed by atoms with Crippen molar-refractivity contribution in [2.75, 3.05) is 0 Å². The second-order valence-electron chi connectivity index (χ2n) is 2.50. The SMILES string of the molecule is NC(=O)c1c(Cl)cnc2[nH]c[c]c12. The first-order valence-corrected chi connectivity index (χ1v) is 3.91. The monoisotopic (exact) mass is 194 g/mol. The van der Waals surface area contributed by atoms with Crippen molar-refractivity contribution >= 4 is 28.5 Å². The summed E-state index contributed by atoms with van der Waals surface area (Å²) in [5.41, 5.74) is 5.97. The zero-order valence-corrected chi connectivity index (χ0v) is 7.22. The molecule has 0 atom stereocenters. The molecule has 2 rings (SSSR count). The fourth-order valence-electron chi connectivity index (χ4n) is 1.16. The fraction of sp³-hybridized carbons (Fsp3) is 0. The Kier molecular flexibility index (Phi) is 1.70. The summed E-state index contributed by atoms with van der Waals surface area (Å²) in [5.74, 6) is -0.576. The Morgan fingerprint density at radius 2 is 2.46 bits per heavy atom. The molecule has 0 bridgehead atoms. The third-order valence-corrected chi connectivity index (χ3v) is 1.99. The lowest BCUT2D eigenvalue weighted by molar-refractivity contribution is 0.100. The summed E-state index contributed by atoms with van der Waals surface area (Å²) in [6.07, 6.45) is 2.94. The Morgan fingerprint density at radius 1 is 1.69 bits per heavy atom. The number of H-pyrrole nitrogens is 1. The van der Waals surface area contributed by atoms with Crippen LogP contribution < -0.4 is 5.73 Å². The summed E-state index contributed by atoms with van der Waals surface area (Å²) in [4.78, 5) is 17.8. The van der Waals surface area contributed by atoms with E-state index >= 15 is 0 Å². The number of carbonyl (C=O) groups excluding carboxylic acids is 1. The number of nitrogens with zero attached hydrogens (tertiary/aromatic N) is 1. The molecular weight excluding hydrogens is 190 g/mol. The number of nitrogens with one attached hydrogen (secondary N) is 1. The number of primary amides is 1. The number of aromatic nitrogens is 2. The third-order valence-electron chi connectivity index (χ3n) is 1.70. The molecule has 0 aliphatic carbocycles. The molecule has 4 nitrogen and oxygen atoms in total. The second kappa shape index (κ2) is 2.74. The van der Waals surface area contributed by atoms with Gasteiger partial charge in [-0.05, 0) is 0 Å². The molecule has 13 heavy (non-hydrogen) atoms. The first-order valence-electron chi connectivity index (χ1n) is 3.53. The summed E-state index contributed by atoms with van der Waals surface area (Å²) >= 11 is 5.76. The number of hydrogen-bond acceptors (Lipinski definition) is 2. The molecule has 0 unspecified atom stereocenters. The first kappa shape index (κ1) is 8.07. The molecule has 1 radical (unpaired) electrons. The molecule has 5 heteroatoms. The fourth-order valence-corrected chi connectivity index (χ4v) is 1.39. The second-order valence-corrected chi connectivity index (χ2v) is 2.91. The molecule has 0 saturated heterocycles. The van der Waals surface area contributed by atoms with Crippen LogP contribution in [0.5, 0.6) is 0 Å². The highest BCUT2D eigenvalue weighted by Crippen LogP contribution is 2.22. The van der Waals surface area contributed by atoms with E-state index in [1.807, 2.05) is 0 Å². The molecule has 1 amide bonds. The van der Waals surface area contributed by atoms with Crippen LogP contribution in [0.2, 0.25) is 5.02 Å². The Balaban J connectivity index is 2.88. The smallest absolute Gasteiger partial charge is 0.251 e. The topological polar surface area (TPSA) is 71.8 Å². The predicted molar refractivity (Wildman–Crippen MR) is 48.5 cm³/mol. The first-order chi connectivity index (χ1) is 6.20. The van der Waals surface area contributed by atoms with E-state index in [9.17, 15) is 4.79 Å². The largest absolute Gasteiger partial charge is 0.366 e. The lowest BCUT2D eigenvalue weighted by Gasteiger charge is -1.99. The van der Waals surface area contributed by atoms with E-state index in [-0.39, 0.29) is 10.6 Å². The van der Waals surface area contributed by atoms with Gasteiger partial charge in [-0.15, -0.1) is 0 Å². The van der Waals surface area contributed by atoms with Gasteiger partial charge in [0, 0.05) is 23.8 Å². The highest BCUT2D eigenvalue weighted by Gasteiger charge is 2.12. The molecule has 65 valence electrons. The quantitative estimate of drug-likeness (QED) is 0.714. The van der Waals surface area contributed by atoms with Crippen molar-refractivity contribution in [3.8, 4) is 0 Å². The summed E-state index contributed by atoms with van der Waals surface area (Å²) in [6.45, 7) is 0. The number of halogens is 1. The number of aromatic amines is 1. The molecule has 0 spiro atoms.